The van der Waals surface area contributed by atoms with E-state index in [-0.39, 0.29) is 0 Å². The fourth-order valence-corrected chi connectivity index (χ4v) is 278. The molecule has 0 aromatic heterocycles. The van der Waals surface area contributed by atoms with Gasteiger partial charge in [-0.05, 0) is 0 Å². The zero-order valence-electron chi connectivity index (χ0n) is 10.8. The summed E-state index contributed by atoms with van der Waals surface area (Å²) >= 11 is 1.61. The monoisotopic (exact) mass is 442 g/mol. The quantitative estimate of drug-likeness (QED) is 0.509. The molecule has 0 aromatic carbocycles. The van der Waals surface area contributed by atoms with Crippen LogP contribution in [-0.2, 0) is 0 Å². The number of rotatable bonds is 0. The standard InChI is InChI=1S/C8H24SeSi4Te/c1-10(2)9-11(3,4)13(7,8)14-12(10,5)6/h1-8H3. The Balaban J connectivity index is 3.07. The molecule has 0 amide bonds. The van der Waals surface area contributed by atoms with E-state index in [0.717, 1.165) is 13.7 Å². The van der Waals surface area contributed by atoms with Gasteiger partial charge in [0.1, 0.15) is 0 Å². The molecule has 6 heteroatoms. The van der Waals surface area contributed by atoms with Gasteiger partial charge in [0.15, 0.2) is 0 Å². The van der Waals surface area contributed by atoms with Gasteiger partial charge in [-0.3, -0.25) is 0 Å². The predicted molar refractivity (Wildman–Crippen MR) is 81.4 cm³/mol. The first-order chi connectivity index (χ1) is 5.91. The summed E-state index contributed by atoms with van der Waals surface area (Å²) in [6.45, 7) is 22.1. The van der Waals surface area contributed by atoms with Crippen LogP contribution in [0.5, 0.6) is 0 Å². The van der Waals surface area contributed by atoms with Crippen molar-refractivity contribution >= 4 is 55.7 Å². The van der Waals surface area contributed by atoms with Gasteiger partial charge in [0.05, 0.1) is 0 Å². The van der Waals surface area contributed by atoms with Crippen LogP contribution in [0.25, 0.3) is 0 Å². The Morgan fingerprint density at radius 1 is 0.643 bits per heavy atom. The summed E-state index contributed by atoms with van der Waals surface area (Å²) in [5, 5.41) is -1.30. The first-order valence-electron chi connectivity index (χ1n) is 5.32. The average Bonchev–Trinajstić information content (AvgIpc) is 1.78. The SMILES string of the molecule is C[Si]1(C)[Se][Si](C)(C)[Si](C)(C)[Te][Si]1(C)C. The molecular weight excluding hydrogens is 415 g/mol. The Hall–Kier alpha value is 2.18. The Labute approximate surface area is 107 Å². The van der Waals surface area contributed by atoms with Crippen LogP contribution in [-0.4, -0.2) is 55.7 Å². The van der Waals surface area contributed by atoms with Crippen molar-refractivity contribution in [2.24, 2.45) is 0 Å². The molecule has 1 saturated heterocycles. The van der Waals surface area contributed by atoms with Gasteiger partial charge in [0.25, 0.3) is 0 Å². The molecular formula is C8H24SeSi4Te. The van der Waals surface area contributed by atoms with Gasteiger partial charge in [-0.1, -0.05) is 0 Å². The number of hydrogen-bond acceptors (Lipinski definition) is 0. The molecule has 0 N–H and O–H groups in total. The molecule has 0 unspecified atom stereocenters. The van der Waals surface area contributed by atoms with Crippen LogP contribution in [0.2, 0.25) is 52.4 Å². The van der Waals surface area contributed by atoms with Gasteiger partial charge < -0.3 is 0 Å². The summed E-state index contributed by atoms with van der Waals surface area (Å²) in [5.41, 5.74) is 0. The van der Waals surface area contributed by atoms with Crippen molar-refractivity contribution in [2.75, 3.05) is 0 Å². The second-order valence-corrected chi connectivity index (χ2v) is 86.0. The molecule has 1 fully saturated rings. The minimum absolute atomic E-state index is 0.461. The van der Waals surface area contributed by atoms with Crippen LogP contribution in [0.4, 0.5) is 0 Å². The molecule has 0 aliphatic carbocycles. The van der Waals surface area contributed by atoms with E-state index in [4.69, 9.17) is 0 Å². The molecule has 0 radical (unpaired) electrons. The van der Waals surface area contributed by atoms with E-state index < -0.39 is 22.7 Å². The molecule has 0 saturated carbocycles. The maximum atomic E-state index is 2.77. The summed E-state index contributed by atoms with van der Waals surface area (Å²) in [5.74, 6) is 0. The van der Waals surface area contributed by atoms with E-state index >= 15 is 0 Å². The summed E-state index contributed by atoms with van der Waals surface area (Å²) in [4.78, 5) is 0. The van der Waals surface area contributed by atoms with Crippen LogP contribution < -0.4 is 0 Å². The van der Waals surface area contributed by atoms with Gasteiger partial charge in [0.2, 0.25) is 0 Å². The normalized spacial score (nSPS) is 32.6. The average molecular weight is 439 g/mol. The molecule has 14 heavy (non-hydrogen) atoms. The summed E-state index contributed by atoms with van der Waals surface area (Å²) in [6, 6.07) is 0. The van der Waals surface area contributed by atoms with Crippen molar-refractivity contribution < 1.29 is 0 Å². The van der Waals surface area contributed by atoms with Crippen LogP contribution in [0, 0.1) is 0 Å². The number of hydrogen-bond donors (Lipinski definition) is 0. The van der Waals surface area contributed by atoms with E-state index in [1.54, 1.807) is 0 Å². The van der Waals surface area contributed by atoms with E-state index in [2.05, 4.69) is 52.4 Å². The molecule has 84 valence electrons. The molecule has 1 rings (SSSR count). The third-order valence-corrected chi connectivity index (χ3v) is 164. The molecule has 0 bridgehead atoms. The zero-order valence-corrected chi connectivity index (χ0v) is 18.9. The second-order valence-electron chi connectivity index (χ2n) is 6.25. The molecule has 0 atom stereocenters. The molecule has 1 heterocycles. The Kier molecular flexibility index (Phi) is 3.91. The van der Waals surface area contributed by atoms with E-state index in [0.29, 0.717) is 19.3 Å². The van der Waals surface area contributed by atoms with Gasteiger partial charge in [0, 0.05) is 0 Å². The third-order valence-electron chi connectivity index (χ3n) is 3.92. The minimum atomic E-state index is -0.687. The van der Waals surface area contributed by atoms with Crippen LogP contribution in [0.1, 0.15) is 0 Å². The summed E-state index contributed by atoms with van der Waals surface area (Å²) in [7, 11) is 0. The fraction of sp³-hybridized carbons (Fsp3) is 1.00. The molecule has 0 aromatic rings. The van der Waals surface area contributed by atoms with Crippen molar-refractivity contribution in [3.05, 3.63) is 0 Å². The van der Waals surface area contributed by atoms with Crippen molar-refractivity contribution in [1.29, 1.82) is 0 Å². The van der Waals surface area contributed by atoms with Crippen molar-refractivity contribution in [3.8, 4) is 0 Å². The van der Waals surface area contributed by atoms with E-state index in [9.17, 15) is 0 Å². The predicted octanol–water partition coefficient (Wildman–Crippen LogP) is 2.39. The summed E-state index contributed by atoms with van der Waals surface area (Å²) < 4.78 is 0. The molecule has 0 nitrogen and oxygen atoms in total. The van der Waals surface area contributed by atoms with E-state index in [1.807, 2.05) is 0 Å². The van der Waals surface area contributed by atoms with Gasteiger partial charge >= 0.3 is 108 Å². The van der Waals surface area contributed by atoms with Gasteiger partial charge in [-0.25, -0.2) is 0 Å². The van der Waals surface area contributed by atoms with Crippen LogP contribution in [0.15, 0.2) is 0 Å². The molecule has 0 spiro atoms. The van der Waals surface area contributed by atoms with Crippen molar-refractivity contribution in [3.63, 3.8) is 0 Å². The first kappa shape index (κ1) is 14.2. The zero-order chi connectivity index (χ0) is 11.4. The molecule has 1 aliphatic heterocycles. The van der Waals surface area contributed by atoms with Crippen LogP contribution in [0.3, 0.4) is 0 Å². The topological polar surface area (TPSA) is 0 Å². The van der Waals surface area contributed by atoms with Gasteiger partial charge in [-0.15, -0.1) is 0 Å². The summed E-state index contributed by atoms with van der Waals surface area (Å²) in [6.07, 6.45) is -1.37. The Morgan fingerprint density at radius 2 is 0.929 bits per heavy atom. The van der Waals surface area contributed by atoms with E-state index in [1.165, 1.54) is 0 Å². The van der Waals surface area contributed by atoms with Crippen molar-refractivity contribution in [1.82, 2.24) is 0 Å². The maximum absolute atomic E-state index is 2.77. The first-order valence-corrected chi connectivity index (χ1v) is 31.1. The van der Waals surface area contributed by atoms with Crippen LogP contribution >= 0.6 is 0 Å². The Bertz CT molecular complexity index is 200. The second kappa shape index (κ2) is 3.84. The van der Waals surface area contributed by atoms with Crippen molar-refractivity contribution in [2.45, 2.75) is 52.4 Å². The molecule has 1 aliphatic rings. The third kappa shape index (κ3) is 2.38. The van der Waals surface area contributed by atoms with Gasteiger partial charge in [-0.2, -0.15) is 0 Å². The fourth-order valence-electron chi connectivity index (χ4n) is 1.77. The Morgan fingerprint density at radius 3 is 1.14 bits per heavy atom.